The molecule has 1 aromatic carbocycles. The van der Waals surface area contributed by atoms with Gasteiger partial charge in [0.15, 0.2) is 0 Å². The maximum Gasteiger partial charge on any atom is 0.326 e. The first-order valence-corrected chi connectivity index (χ1v) is 6.01. The molecule has 1 atom stereocenters. The molecule has 0 unspecified atom stereocenters. The van der Waals surface area contributed by atoms with Crippen LogP contribution in [0.2, 0.25) is 0 Å². The molecule has 0 heterocycles. The first kappa shape index (κ1) is 15.4. The minimum absolute atomic E-state index is 0.0978. The van der Waals surface area contributed by atoms with Crippen LogP contribution in [0, 0.1) is 12.3 Å². The summed E-state index contributed by atoms with van der Waals surface area (Å²) >= 11 is 0. The lowest BCUT2D eigenvalue weighted by Gasteiger charge is -2.15. The number of hydrogen-bond acceptors (Lipinski definition) is 3. The van der Waals surface area contributed by atoms with Crippen molar-refractivity contribution in [3.8, 4) is 18.1 Å². The molecule has 0 spiro atoms. The highest BCUT2D eigenvalue weighted by atomic mass is 16.4. The molecule has 0 saturated heterocycles. The number of carboxylic acids is 1. The topological polar surface area (TPSA) is 98.7 Å². The first-order valence-electron chi connectivity index (χ1n) is 6.01. The Labute approximate surface area is 116 Å². The second-order valence-electron chi connectivity index (χ2n) is 4.12. The molecule has 0 fully saturated rings. The molecule has 0 aliphatic heterocycles. The second-order valence-corrected chi connectivity index (χ2v) is 4.12. The van der Waals surface area contributed by atoms with Crippen molar-refractivity contribution in [1.29, 1.82) is 0 Å². The highest BCUT2D eigenvalue weighted by molar-refractivity contribution is 5.82. The minimum atomic E-state index is -1.13. The third-order valence-corrected chi connectivity index (χ3v) is 2.53. The van der Waals surface area contributed by atoms with Gasteiger partial charge in [0, 0.05) is 19.4 Å². The monoisotopic (exact) mass is 276 g/mol. The van der Waals surface area contributed by atoms with E-state index in [2.05, 4.69) is 16.6 Å². The number of hydrogen-bond donors (Lipinski definition) is 4. The van der Waals surface area contributed by atoms with Crippen molar-refractivity contribution >= 4 is 12.0 Å². The SMILES string of the molecule is C#CCCNC(=O)N[C@@H](Cc1ccc(O)cc1)C(=O)O. The molecule has 4 N–H and O–H groups in total. The van der Waals surface area contributed by atoms with Crippen LogP contribution >= 0.6 is 0 Å². The number of carbonyl (C=O) groups excluding carboxylic acids is 1. The van der Waals surface area contributed by atoms with E-state index in [1.54, 1.807) is 12.1 Å². The molecule has 0 bridgehead atoms. The highest BCUT2D eigenvalue weighted by Crippen LogP contribution is 2.11. The van der Waals surface area contributed by atoms with Gasteiger partial charge >= 0.3 is 12.0 Å². The maximum atomic E-state index is 11.5. The van der Waals surface area contributed by atoms with Gasteiger partial charge in [0.25, 0.3) is 0 Å². The van der Waals surface area contributed by atoms with Crippen molar-refractivity contribution in [2.75, 3.05) is 6.54 Å². The summed E-state index contributed by atoms with van der Waals surface area (Å²) < 4.78 is 0. The van der Waals surface area contributed by atoms with Crippen molar-refractivity contribution in [1.82, 2.24) is 10.6 Å². The summed E-state index contributed by atoms with van der Waals surface area (Å²) in [4.78, 5) is 22.6. The van der Waals surface area contributed by atoms with Crippen molar-refractivity contribution in [2.24, 2.45) is 0 Å². The summed E-state index contributed by atoms with van der Waals surface area (Å²) in [5.41, 5.74) is 0.694. The van der Waals surface area contributed by atoms with Gasteiger partial charge in [0.2, 0.25) is 0 Å². The van der Waals surface area contributed by atoms with Gasteiger partial charge in [-0.25, -0.2) is 9.59 Å². The third kappa shape index (κ3) is 5.31. The predicted octanol–water partition coefficient (Wildman–Crippen LogP) is 0.710. The molecule has 20 heavy (non-hydrogen) atoms. The molecule has 0 aromatic heterocycles. The first-order chi connectivity index (χ1) is 9.52. The van der Waals surface area contributed by atoms with Crippen LogP contribution in [0.5, 0.6) is 5.75 Å². The summed E-state index contributed by atoms with van der Waals surface area (Å²) in [6, 6.07) is 4.49. The number of phenolic OH excluding ortho intramolecular Hbond substituents is 1. The summed E-state index contributed by atoms with van der Waals surface area (Å²) in [5, 5.41) is 23.1. The number of aliphatic carboxylic acids is 1. The number of terminal acetylenes is 1. The lowest BCUT2D eigenvalue weighted by atomic mass is 10.1. The average Bonchev–Trinajstić information content (AvgIpc) is 2.40. The summed E-state index contributed by atoms with van der Waals surface area (Å²) in [7, 11) is 0. The normalized spacial score (nSPS) is 11.2. The maximum absolute atomic E-state index is 11.5. The number of urea groups is 1. The zero-order valence-corrected chi connectivity index (χ0v) is 10.8. The molecular weight excluding hydrogens is 260 g/mol. The Morgan fingerprint density at radius 3 is 2.50 bits per heavy atom. The van der Waals surface area contributed by atoms with Crippen LogP contribution in [0.1, 0.15) is 12.0 Å². The molecule has 0 aliphatic rings. The minimum Gasteiger partial charge on any atom is -0.508 e. The second kappa shape index (κ2) is 7.69. The van der Waals surface area contributed by atoms with E-state index in [1.165, 1.54) is 12.1 Å². The van der Waals surface area contributed by atoms with Crippen LogP contribution in [0.25, 0.3) is 0 Å². The van der Waals surface area contributed by atoms with Gasteiger partial charge in [-0.2, -0.15) is 0 Å². The van der Waals surface area contributed by atoms with Gasteiger partial charge in [-0.05, 0) is 17.7 Å². The number of amides is 2. The third-order valence-electron chi connectivity index (χ3n) is 2.53. The van der Waals surface area contributed by atoms with E-state index >= 15 is 0 Å². The van der Waals surface area contributed by atoms with Gasteiger partial charge in [0.1, 0.15) is 11.8 Å². The van der Waals surface area contributed by atoms with E-state index in [-0.39, 0.29) is 18.7 Å². The van der Waals surface area contributed by atoms with Crippen LogP contribution in [0.4, 0.5) is 4.79 Å². The molecule has 1 rings (SSSR count). The van der Waals surface area contributed by atoms with Crippen LogP contribution in [0.15, 0.2) is 24.3 Å². The van der Waals surface area contributed by atoms with Crippen molar-refractivity contribution in [3.63, 3.8) is 0 Å². The summed E-state index contributed by atoms with van der Waals surface area (Å²) in [5.74, 6) is 1.33. The zero-order chi connectivity index (χ0) is 15.0. The van der Waals surface area contributed by atoms with Gasteiger partial charge in [-0.15, -0.1) is 12.3 Å². The number of phenols is 1. The number of nitrogens with one attached hydrogen (secondary N) is 2. The van der Waals surface area contributed by atoms with Crippen LogP contribution in [-0.4, -0.2) is 34.8 Å². The van der Waals surface area contributed by atoms with Gasteiger partial charge in [0.05, 0.1) is 0 Å². The molecule has 106 valence electrons. The summed E-state index contributed by atoms with van der Waals surface area (Å²) in [6.07, 6.45) is 5.54. The molecule has 2 amide bonds. The molecular formula is C14H16N2O4. The molecule has 6 nitrogen and oxygen atoms in total. The van der Waals surface area contributed by atoms with Crippen molar-refractivity contribution in [3.05, 3.63) is 29.8 Å². The van der Waals surface area contributed by atoms with Crippen LogP contribution < -0.4 is 10.6 Å². The Morgan fingerprint density at radius 2 is 1.95 bits per heavy atom. The fourth-order valence-corrected chi connectivity index (χ4v) is 1.53. The van der Waals surface area contributed by atoms with E-state index in [4.69, 9.17) is 16.6 Å². The molecule has 0 aliphatic carbocycles. The van der Waals surface area contributed by atoms with Crippen molar-refractivity contribution in [2.45, 2.75) is 18.9 Å². The molecule has 6 heteroatoms. The van der Waals surface area contributed by atoms with Gasteiger partial charge in [-0.3, -0.25) is 0 Å². The fourth-order valence-electron chi connectivity index (χ4n) is 1.53. The summed E-state index contributed by atoms with van der Waals surface area (Å²) in [6.45, 7) is 0.286. The Kier molecular flexibility index (Phi) is 5.91. The lowest BCUT2D eigenvalue weighted by molar-refractivity contribution is -0.139. The number of aromatic hydroxyl groups is 1. The quantitative estimate of drug-likeness (QED) is 0.454. The van der Waals surface area contributed by atoms with E-state index in [0.717, 1.165) is 0 Å². The number of carbonyl (C=O) groups is 2. The van der Waals surface area contributed by atoms with E-state index in [0.29, 0.717) is 12.0 Å². The Morgan fingerprint density at radius 1 is 1.30 bits per heavy atom. The largest absolute Gasteiger partial charge is 0.508 e. The van der Waals surface area contributed by atoms with Gasteiger partial charge in [-0.1, -0.05) is 12.1 Å². The molecule has 0 saturated carbocycles. The molecule has 0 radical (unpaired) electrons. The highest BCUT2D eigenvalue weighted by Gasteiger charge is 2.20. The standard InChI is InChI=1S/C14H16N2O4/c1-2-3-8-15-14(20)16-12(13(18)19)9-10-4-6-11(17)7-5-10/h1,4-7,12,17H,3,8-9H2,(H,18,19)(H2,15,16,20)/t12-/m0/s1. The molecule has 1 aromatic rings. The van der Waals surface area contributed by atoms with E-state index in [1.807, 2.05) is 0 Å². The van der Waals surface area contributed by atoms with E-state index in [9.17, 15) is 9.59 Å². The van der Waals surface area contributed by atoms with Gasteiger partial charge < -0.3 is 20.8 Å². The zero-order valence-electron chi connectivity index (χ0n) is 10.8. The van der Waals surface area contributed by atoms with Crippen LogP contribution in [-0.2, 0) is 11.2 Å². The number of benzene rings is 1. The number of carboxylic acid groups (broad SMARTS) is 1. The fraction of sp³-hybridized carbons (Fsp3) is 0.286. The van der Waals surface area contributed by atoms with Crippen molar-refractivity contribution < 1.29 is 19.8 Å². The Balaban J connectivity index is 2.56. The lowest BCUT2D eigenvalue weighted by Crippen LogP contribution is -2.47. The van der Waals surface area contributed by atoms with E-state index < -0.39 is 18.0 Å². The Hall–Kier alpha value is -2.68. The smallest absolute Gasteiger partial charge is 0.326 e. The predicted molar refractivity (Wildman–Crippen MR) is 73.2 cm³/mol. The van der Waals surface area contributed by atoms with Crippen LogP contribution in [0.3, 0.4) is 0 Å². The number of rotatable bonds is 6. The Bertz CT molecular complexity index is 505. The average molecular weight is 276 g/mol.